The van der Waals surface area contributed by atoms with Gasteiger partial charge in [0.05, 0.1) is 5.69 Å². The number of benzene rings is 2. The number of anilines is 2. The quantitative estimate of drug-likeness (QED) is 0.302. The number of alkyl halides is 2. The van der Waals surface area contributed by atoms with Crippen LogP contribution in [0, 0.1) is 5.82 Å². The van der Waals surface area contributed by atoms with Crippen LogP contribution >= 0.6 is 0 Å². The smallest absolute Gasteiger partial charge is 0.387 e. The first-order valence-corrected chi connectivity index (χ1v) is 9.50. The van der Waals surface area contributed by atoms with Crippen LogP contribution in [0.4, 0.5) is 24.5 Å². The largest absolute Gasteiger partial charge is 0.429 e. The van der Waals surface area contributed by atoms with Crippen molar-refractivity contribution >= 4 is 17.2 Å². The van der Waals surface area contributed by atoms with E-state index in [1.54, 1.807) is 31.3 Å². The monoisotopic (exact) mass is 434 g/mol. The molecule has 0 aromatic heterocycles. The molecule has 0 amide bonds. The molecule has 0 heterocycles. The first kappa shape index (κ1) is 24.0. The van der Waals surface area contributed by atoms with E-state index >= 15 is 0 Å². The summed E-state index contributed by atoms with van der Waals surface area (Å²) in [5, 5.41) is 11.4. The number of carbonyl (C=O) groups is 1. The highest BCUT2D eigenvalue weighted by molar-refractivity contribution is 6.00. The molecule has 166 valence electrons. The Morgan fingerprint density at radius 3 is 2.35 bits per heavy atom. The van der Waals surface area contributed by atoms with Gasteiger partial charge < -0.3 is 26.0 Å². The zero-order valence-corrected chi connectivity index (χ0v) is 17.2. The van der Waals surface area contributed by atoms with E-state index in [2.05, 4.69) is 26.0 Å². The van der Waals surface area contributed by atoms with E-state index in [1.807, 2.05) is 18.2 Å². The summed E-state index contributed by atoms with van der Waals surface area (Å²) in [4.78, 5) is 13.1. The van der Waals surface area contributed by atoms with E-state index in [0.29, 0.717) is 17.9 Å². The lowest BCUT2D eigenvalue weighted by Gasteiger charge is -2.22. The van der Waals surface area contributed by atoms with Gasteiger partial charge in [0.2, 0.25) is 5.78 Å². The van der Waals surface area contributed by atoms with E-state index in [4.69, 9.17) is 0 Å². The van der Waals surface area contributed by atoms with Crippen molar-refractivity contribution in [2.45, 2.75) is 12.7 Å². The van der Waals surface area contributed by atoms with Crippen molar-refractivity contribution in [2.75, 3.05) is 31.3 Å². The maximum Gasteiger partial charge on any atom is 0.387 e. The third-order valence-electron chi connectivity index (χ3n) is 4.14. The molecule has 0 fully saturated rings. The number of carbonyl (C=O) groups excluding carboxylic acids is 1. The van der Waals surface area contributed by atoms with Crippen molar-refractivity contribution in [1.82, 2.24) is 10.6 Å². The number of ether oxygens (including phenoxy) is 1. The predicted octanol–water partition coefficient (Wildman–Crippen LogP) is 3.69. The molecule has 0 spiro atoms. The maximum atomic E-state index is 13.8. The number of likely N-dealkylation sites (N-methyl/N-ethyl adjacent to an activating group) is 2. The van der Waals surface area contributed by atoms with Crippen LogP contribution in [0.1, 0.15) is 0 Å². The summed E-state index contributed by atoms with van der Waals surface area (Å²) in [5.41, 5.74) is 1.16. The molecule has 2 aromatic rings. The van der Waals surface area contributed by atoms with E-state index in [9.17, 15) is 18.0 Å². The van der Waals surface area contributed by atoms with Crippen LogP contribution in [0.2, 0.25) is 0 Å². The number of para-hydroxylation sites is 2. The molecule has 0 radical (unpaired) electrons. The van der Waals surface area contributed by atoms with Gasteiger partial charge in [0, 0.05) is 24.1 Å². The molecule has 9 heteroatoms. The lowest BCUT2D eigenvalue weighted by Crippen LogP contribution is -2.40. The third-order valence-corrected chi connectivity index (χ3v) is 4.14. The number of rotatable bonds is 12. The lowest BCUT2D eigenvalue weighted by molar-refractivity contribution is -0.133. The lowest BCUT2D eigenvalue weighted by atomic mass is 10.1. The molecule has 0 saturated heterocycles. The van der Waals surface area contributed by atoms with Gasteiger partial charge in [-0.05, 0) is 44.4 Å². The standard InChI is InChI=1S/C22H25F3N4O2/c1-26-13-12-18(29-15-8-4-3-5-9-15)20(27-2)21(30)19(31-22(24)25)14-28-17-11-7-6-10-16(17)23/h3-12,14,20,22,26-29H,13H2,1-2H3/b18-12-,19-14+. The predicted molar refractivity (Wildman–Crippen MR) is 115 cm³/mol. The fourth-order valence-electron chi connectivity index (χ4n) is 2.69. The summed E-state index contributed by atoms with van der Waals surface area (Å²) < 4.78 is 44.3. The van der Waals surface area contributed by atoms with Crippen LogP contribution in [0.25, 0.3) is 0 Å². The minimum absolute atomic E-state index is 0.0139. The second-order valence-electron chi connectivity index (χ2n) is 6.31. The van der Waals surface area contributed by atoms with Gasteiger partial charge in [-0.3, -0.25) is 4.79 Å². The van der Waals surface area contributed by atoms with Crippen molar-refractivity contribution in [3.05, 3.63) is 84.1 Å². The van der Waals surface area contributed by atoms with E-state index < -0.39 is 30.0 Å². The van der Waals surface area contributed by atoms with Crippen LogP contribution in [0.5, 0.6) is 0 Å². The summed E-state index contributed by atoms with van der Waals surface area (Å²) in [5.74, 6) is -2.02. The van der Waals surface area contributed by atoms with Crippen LogP contribution in [-0.4, -0.2) is 39.1 Å². The molecule has 6 nitrogen and oxygen atoms in total. The zero-order chi connectivity index (χ0) is 22.6. The Labute approximate surface area is 179 Å². The Morgan fingerprint density at radius 1 is 1.06 bits per heavy atom. The van der Waals surface area contributed by atoms with E-state index in [-0.39, 0.29) is 5.69 Å². The van der Waals surface area contributed by atoms with Crippen molar-refractivity contribution in [2.24, 2.45) is 0 Å². The summed E-state index contributed by atoms with van der Waals surface area (Å²) in [6, 6.07) is 13.7. The fraction of sp³-hybridized carbons (Fsp3) is 0.227. The second-order valence-corrected chi connectivity index (χ2v) is 6.31. The summed E-state index contributed by atoms with van der Waals surface area (Å²) in [7, 11) is 3.25. The number of nitrogens with one attached hydrogen (secondary N) is 4. The van der Waals surface area contributed by atoms with E-state index in [0.717, 1.165) is 6.20 Å². The number of ketones is 1. The molecular weight excluding hydrogens is 409 g/mol. The van der Waals surface area contributed by atoms with Crippen molar-refractivity contribution in [1.29, 1.82) is 0 Å². The molecule has 0 aliphatic rings. The average Bonchev–Trinajstić information content (AvgIpc) is 2.76. The molecule has 0 saturated carbocycles. The third kappa shape index (κ3) is 7.47. The Hall–Kier alpha value is -3.30. The summed E-state index contributed by atoms with van der Waals surface area (Å²) in [6.45, 7) is -2.81. The van der Waals surface area contributed by atoms with Crippen LogP contribution < -0.4 is 21.3 Å². The van der Waals surface area contributed by atoms with Gasteiger partial charge in [-0.1, -0.05) is 30.3 Å². The van der Waals surface area contributed by atoms with Crippen molar-refractivity contribution in [3.63, 3.8) is 0 Å². The van der Waals surface area contributed by atoms with Gasteiger partial charge in [0.1, 0.15) is 11.9 Å². The van der Waals surface area contributed by atoms with E-state index in [1.165, 1.54) is 25.2 Å². The van der Waals surface area contributed by atoms with Crippen LogP contribution in [-0.2, 0) is 9.53 Å². The second kappa shape index (κ2) is 12.4. The first-order chi connectivity index (χ1) is 15.0. The van der Waals surface area contributed by atoms with Gasteiger partial charge in [0.15, 0.2) is 5.76 Å². The molecule has 1 unspecified atom stereocenters. The number of hydrogen-bond donors (Lipinski definition) is 4. The zero-order valence-electron chi connectivity index (χ0n) is 17.2. The first-order valence-electron chi connectivity index (χ1n) is 9.50. The molecule has 2 aromatic carbocycles. The normalized spacial score (nSPS) is 13.1. The summed E-state index contributed by atoms with van der Waals surface area (Å²) >= 11 is 0. The highest BCUT2D eigenvalue weighted by Crippen LogP contribution is 2.18. The van der Waals surface area contributed by atoms with Crippen molar-refractivity contribution < 1.29 is 22.7 Å². The minimum atomic E-state index is -3.23. The Bertz CT molecular complexity index is 905. The van der Waals surface area contributed by atoms with Gasteiger partial charge in [0.25, 0.3) is 0 Å². The van der Waals surface area contributed by atoms with Gasteiger partial charge >= 0.3 is 6.61 Å². The topological polar surface area (TPSA) is 74.4 Å². The average molecular weight is 434 g/mol. The highest BCUT2D eigenvalue weighted by atomic mass is 19.3. The number of hydrogen-bond acceptors (Lipinski definition) is 6. The molecule has 31 heavy (non-hydrogen) atoms. The molecule has 0 aliphatic heterocycles. The molecule has 4 N–H and O–H groups in total. The van der Waals surface area contributed by atoms with Crippen LogP contribution in [0.3, 0.4) is 0 Å². The summed E-state index contributed by atoms with van der Waals surface area (Å²) in [6.07, 6.45) is 2.64. The maximum absolute atomic E-state index is 13.8. The Balaban J connectivity index is 2.33. The van der Waals surface area contributed by atoms with Gasteiger partial charge in [-0.15, -0.1) is 0 Å². The Kier molecular flexibility index (Phi) is 9.60. The van der Waals surface area contributed by atoms with Crippen molar-refractivity contribution in [3.8, 4) is 0 Å². The number of halogens is 3. The fourth-order valence-corrected chi connectivity index (χ4v) is 2.69. The molecule has 0 aliphatic carbocycles. The molecule has 2 rings (SSSR count). The SMILES string of the molecule is CNC/C=C(\Nc1ccccc1)C(NC)C(=O)/C(=C\Nc1ccccc1F)OC(F)F. The van der Waals surface area contributed by atoms with Gasteiger partial charge in [-0.2, -0.15) is 8.78 Å². The number of Topliss-reactive ketones (excluding diaryl/α,β-unsaturated/α-hetero) is 1. The minimum Gasteiger partial charge on any atom is -0.429 e. The molecule has 1 atom stereocenters. The van der Waals surface area contributed by atoms with Crippen LogP contribution in [0.15, 0.2) is 78.3 Å². The molecule has 0 bridgehead atoms. The highest BCUT2D eigenvalue weighted by Gasteiger charge is 2.28. The Morgan fingerprint density at radius 2 is 1.74 bits per heavy atom. The van der Waals surface area contributed by atoms with Gasteiger partial charge in [-0.25, -0.2) is 4.39 Å². The molecular formula is C22H25F3N4O2.